The molecule has 0 atom stereocenters. The van der Waals surface area contributed by atoms with Gasteiger partial charge in [-0.3, -0.25) is 4.57 Å². The Hall–Kier alpha value is -1.29. The van der Waals surface area contributed by atoms with E-state index in [1.165, 1.54) is 0 Å². The summed E-state index contributed by atoms with van der Waals surface area (Å²) in [5.41, 5.74) is 1.15. The van der Waals surface area contributed by atoms with Crippen molar-refractivity contribution in [2.45, 2.75) is 31.8 Å². The lowest BCUT2D eigenvalue weighted by Crippen LogP contribution is -2.01. The van der Waals surface area contributed by atoms with Crippen LogP contribution in [0.5, 0.6) is 0 Å². The number of rotatable bonds is 5. The van der Waals surface area contributed by atoms with Gasteiger partial charge in [-0.25, -0.2) is 0 Å². The van der Waals surface area contributed by atoms with Crippen molar-refractivity contribution in [3.63, 3.8) is 0 Å². The predicted octanol–water partition coefficient (Wildman–Crippen LogP) is 3.33. The number of aryl methyl sites for hydroxylation is 1. The highest BCUT2D eigenvalue weighted by Crippen LogP contribution is 2.22. The molecule has 0 saturated heterocycles. The minimum atomic E-state index is 0.897. The Bertz CT molecular complexity index is 465. The van der Waals surface area contributed by atoms with E-state index in [1.807, 2.05) is 18.2 Å². The van der Waals surface area contributed by atoms with Gasteiger partial charge in [0.15, 0.2) is 5.16 Å². The zero-order chi connectivity index (χ0) is 12.1. The monoisotopic (exact) mass is 247 g/mol. The van der Waals surface area contributed by atoms with E-state index in [-0.39, 0.29) is 0 Å². The van der Waals surface area contributed by atoms with Crippen molar-refractivity contribution < 1.29 is 0 Å². The first-order valence-electron chi connectivity index (χ1n) is 5.99. The summed E-state index contributed by atoms with van der Waals surface area (Å²) >= 11 is 1.77. The van der Waals surface area contributed by atoms with Gasteiger partial charge in [-0.2, -0.15) is 0 Å². The Morgan fingerprint density at radius 3 is 2.53 bits per heavy atom. The highest BCUT2D eigenvalue weighted by Gasteiger charge is 2.12. The van der Waals surface area contributed by atoms with Crippen LogP contribution in [0.25, 0.3) is 5.69 Å². The molecule has 0 saturated carbocycles. The molecule has 2 rings (SSSR count). The summed E-state index contributed by atoms with van der Waals surface area (Å²) in [4.78, 5) is 0. The fourth-order valence-corrected chi connectivity index (χ4v) is 2.48. The lowest BCUT2D eigenvalue weighted by Gasteiger charge is -2.08. The van der Waals surface area contributed by atoms with Gasteiger partial charge in [-0.15, -0.1) is 10.2 Å². The largest absolute Gasteiger partial charge is 0.274 e. The van der Waals surface area contributed by atoms with Crippen LogP contribution in [0.2, 0.25) is 0 Å². The summed E-state index contributed by atoms with van der Waals surface area (Å²) in [6, 6.07) is 10.3. The molecular weight excluding hydrogens is 230 g/mol. The zero-order valence-corrected chi connectivity index (χ0v) is 11.1. The first kappa shape index (κ1) is 12.2. The Morgan fingerprint density at radius 2 is 1.88 bits per heavy atom. The van der Waals surface area contributed by atoms with E-state index in [2.05, 4.69) is 40.7 Å². The van der Waals surface area contributed by atoms with Crippen molar-refractivity contribution in [3.05, 3.63) is 36.2 Å². The normalized spacial score (nSPS) is 10.7. The molecule has 3 nitrogen and oxygen atoms in total. The predicted molar refractivity (Wildman–Crippen MR) is 71.8 cm³/mol. The van der Waals surface area contributed by atoms with Crippen LogP contribution in [0.3, 0.4) is 0 Å². The van der Waals surface area contributed by atoms with Gasteiger partial charge in [0.2, 0.25) is 0 Å². The second kappa shape index (κ2) is 5.87. The summed E-state index contributed by atoms with van der Waals surface area (Å²) in [5.74, 6) is 2.10. The fraction of sp³-hybridized carbons (Fsp3) is 0.385. The molecule has 0 bridgehead atoms. The minimum absolute atomic E-state index is 0.897. The lowest BCUT2D eigenvalue weighted by atomic mass is 10.3. The van der Waals surface area contributed by atoms with E-state index in [9.17, 15) is 0 Å². The summed E-state index contributed by atoms with van der Waals surface area (Å²) in [7, 11) is 0. The molecule has 0 amide bonds. The van der Waals surface area contributed by atoms with Crippen molar-refractivity contribution >= 4 is 11.8 Å². The van der Waals surface area contributed by atoms with Crippen LogP contribution in [0, 0.1) is 0 Å². The summed E-state index contributed by atoms with van der Waals surface area (Å²) < 4.78 is 2.15. The van der Waals surface area contributed by atoms with Gasteiger partial charge in [-0.1, -0.05) is 43.8 Å². The van der Waals surface area contributed by atoms with Gasteiger partial charge in [0.25, 0.3) is 0 Å². The molecule has 1 aromatic heterocycles. The third-order valence-corrected chi connectivity index (χ3v) is 3.60. The standard InChI is InChI=1S/C13H17N3S/c1-3-10-17-13-15-14-12(4-2)16(13)11-8-6-5-7-9-11/h5-9H,3-4,10H2,1-2H3. The molecule has 4 heteroatoms. The number of benzene rings is 1. The minimum Gasteiger partial charge on any atom is -0.274 e. The first-order chi connectivity index (χ1) is 8.36. The van der Waals surface area contributed by atoms with Gasteiger partial charge in [0.1, 0.15) is 5.82 Å². The maximum Gasteiger partial charge on any atom is 0.195 e. The molecule has 2 aromatic rings. The lowest BCUT2D eigenvalue weighted by molar-refractivity contribution is 0.836. The van der Waals surface area contributed by atoms with E-state index in [1.54, 1.807) is 11.8 Å². The third kappa shape index (κ3) is 2.69. The third-order valence-electron chi connectivity index (χ3n) is 2.47. The number of nitrogens with zero attached hydrogens (tertiary/aromatic N) is 3. The van der Waals surface area contributed by atoms with Gasteiger partial charge in [-0.05, 0) is 18.6 Å². The smallest absolute Gasteiger partial charge is 0.195 e. The molecular formula is C13H17N3S. The zero-order valence-electron chi connectivity index (χ0n) is 10.3. The van der Waals surface area contributed by atoms with Crippen molar-refractivity contribution in [2.24, 2.45) is 0 Å². The Morgan fingerprint density at radius 1 is 1.12 bits per heavy atom. The molecule has 0 N–H and O–H groups in total. The average Bonchev–Trinajstić information content (AvgIpc) is 2.80. The van der Waals surface area contributed by atoms with E-state index >= 15 is 0 Å². The molecule has 0 spiro atoms. The van der Waals surface area contributed by atoms with Crippen LogP contribution in [-0.2, 0) is 6.42 Å². The Kier molecular flexibility index (Phi) is 4.20. The van der Waals surface area contributed by atoms with Crippen molar-refractivity contribution in [1.29, 1.82) is 0 Å². The molecule has 17 heavy (non-hydrogen) atoms. The van der Waals surface area contributed by atoms with E-state index in [0.717, 1.165) is 35.3 Å². The highest BCUT2D eigenvalue weighted by molar-refractivity contribution is 7.99. The van der Waals surface area contributed by atoms with Crippen molar-refractivity contribution in [2.75, 3.05) is 5.75 Å². The molecule has 1 aromatic carbocycles. The van der Waals surface area contributed by atoms with Crippen molar-refractivity contribution in [1.82, 2.24) is 14.8 Å². The molecule has 0 fully saturated rings. The van der Waals surface area contributed by atoms with Gasteiger partial charge in [0.05, 0.1) is 0 Å². The topological polar surface area (TPSA) is 30.7 Å². The summed E-state index contributed by atoms with van der Waals surface area (Å²) in [5, 5.41) is 9.53. The molecule has 90 valence electrons. The second-order valence-corrected chi connectivity index (χ2v) is 4.83. The van der Waals surface area contributed by atoms with Crippen LogP contribution in [-0.4, -0.2) is 20.5 Å². The maximum absolute atomic E-state index is 4.28. The summed E-state index contributed by atoms with van der Waals surface area (Å²) in [6.45, 7) is 4.29. The number of thioether (sulfide) groups is 1. The SMILES string of the molecule is CCCSc1nnc(CC)n1-c1ccccc1. The van der Waals surface area contributed by atoms with E-state index in [4.69, 9.17) is 0 Å². The quantitative estimate of drug-likeness (QED) is 0.759. The Labute approximate surface area is 106 Å². The van der Waals surface area contributed by atoms with Crippen LogP contribution in [0.1, 0.15) is 26.1 Å². The van der Waals surface area contributed by atoms with Crippen LogP contribution in [0.4, 0.5) is 0 Å². The van der Waals surface area contributed by atoms with Gasteiger partial charge in [0, 0.05) is 17.9 Å². The number of aromatic nitrogens is 3. The Balaban J connectivity index is 2.39. The molecule has 1 heterocycles. The maximum atomic E-state index is 4.28. The fourth-order valence-electron chi connectivity index (χ4n) is 1.65. The molecule has 0 unspecified atom stereocenters. The van der Waals surface area contributed by atoms with Crippen LogP contribution >= 0.6 is 11.8 Å². The highest BCUT2D eigenvalue weighted by atomic mass is 32.2. The van der Waals surface area contributed by atoms with E-state index < -0.39 is 0 Å². The molecule has 0 aliphatic rings. The summed E-state index contributed by atoms with van der Waals surface area (Å²) in [6.07, 6.45) is 2.04. The second-order valence-electron chi connectivity index (χ2n) is 3.77. The molecule has 0 aliphatic heterocycles. The van der Waals surface area contributed by atoms with Crippen LogP contribution < -0.4 is 0 Å². The molecule has 0 aliphatic carbocycles. The molecule has 0 radical (unpaired) electrons. The van der Waals surface area contributed by atoms with Gasteiger partial charge < -0.3 is 0 Å². The first-order valence-corrected chi connectivity index (χ1v) is 6.97. The number of para-hydroxylation sites is 1. The van der Waals surface area contributed by atoms with E-state index in [0.29, 0.717) is 0 Å². The van der Waals surface area contributed by atoms with Crippen LogP contribution in [0.15, 0.2) is 35.5 Å². The number of hydrogen-bond donors (Lipinski definition) is 0. The number of hydrogen-bond acceptors (Lipinski definition) is 3. The van der Waals surface area contributed by atoms with Gasteiger partial charge >= 0.3 is 0 Å². The average molecular weight is 247 g/mol. The van der Waals surface area contributed by atoms with Crippen molar-refractivity contribution in [3.8, 4) is 5.69 Å².